The third-order valence-electron chi connectivity index (χ3n) is 6.66. The van der Waals surface area contributed by atoms with Crippen molar-refractivity contribution in [3.05, 3.63) is 64.7 Å². The van der Waals surface area contributed by atoms with Crippen LogP contribution in [-0.4, -0.2) is 47.9 Å². The van der Waals surface area contributed by atoms with Crippen molar-refractivity contribution in [2.24, 2.45) is 5.73 Å². The quantitative estimate of drug-likeness (QED) is 0.609. The Morgan fingerprint density at radius 2 is 1.78 bits per heavy atom. The van der Waals surface area contributed by atoms with Crippen molar-refractivity contribution in [1.82, 2.24) is 10.2 Å². The van der Waals surface area contributed by atoms with Gasteiger partial charge in [-0.25, -0.2) is 4.79 Å². The van der Waals surface area contributed by atoms with E-state index in [4.69, 9.17) is 11.0 Å². The smallest absolute Gasteiger partial charge is 0.319 e. The molecular weight excluding hydrogens is 454 g/mol. The van der Waals surface area contributed by atoms with Gasteiger partial charge in [0.05, 0.1) is 23.7 Å². The molecule has 0 unspecified atom stereocenters. The molecule has 190 valence electrons. The number of hydrogen-bond donors (Lipinski definition) is 2. The maximum atomic E-state index is 13.4. The van der Waals surface area contributed by atoms with E-state index in [1.54, 1.807) is 19.1 Å². The van der Waals surface area contributed by atoms with Crippen molar-refractivity contribution in [2.75, 3.05) is 24.5 Å². The Kier molecular flexibility index (Phi) is 8.36. The predicted octanol–water partition coefficient (Wildman–Crippen LogP) is 4.08. The van der Waals surface area contributed by atoms with Crippen LogP contribution in [0.4, 0.5) is 10.5 Å². The van der Waals surface area contributed by atoms with Crippen LogP contribution in [0.5, 0.6) is 0 Å². The Morgan fingerprint density at radius 3 is 2.33 bits per heavy atom. The van der Waals surface area contributed by atoms with Gasteiger partial charge in [0.2, 0.25) is 5.91 Å². The molecule has 3 rings (SSSR count). The molecule has 0 aromatic heterocycles. The van der Waals surface area contributed by atoms with Crippen LogP contribution in [0.1, 0.15) is 73.0 Å². The number of hydrogen-bond acceptors (Lipinski definition) is 4. The van der Waals surface area contributed by atoms with Crippen molar-refractivity contribution in [3.63, 3.8) is 0 Å². The minimum atomic E-state index is -0.706. The number of primary amides is 1. The lowest BCUT2D eigenvalue weighted by Crippen LogP contribution is -2.54. The molecule has 0 atom stereocenters. The number of anilines is 1. The number of carbonyl (C=O) groups is 3. The molecule has 2 aromatic carbocycles. The molecule has 1 aliphatic heterocycles. The van der Waals surface area contributed by atoms with Crippen LogP contribution < -0.4 is 16.0 Å². The molecular formula is C28H35N5O3. The first kappa shape index (κ1) is 26.7. The van der Waals surface area contributed by atoms with Crippen LogP contribution in [0.15, 0.2) is 42.5 Å². The van der Waals surface area contributed by atoms with Gasteiger partial charge < -0.3 is 16.0 Å². The number of amides is 4. The molecule has 36 heavy (non-hydrogen) atoms. The summed E-state index contributed by atoms with van der Waals surface area (Å²) in [6.07, 6.45) is 2.02. The molecule has 0 saturated carbocycles. The number of nitrogens with two attached hydrogens (primary N) is 1. The highest BCUT2D eigenvalue weighted by Gasteiger charge is 2.29. The second-order valence-corrected chi connectivity index (χ2v) is 10.0. The minimum absolute atomic E-state index is 0.0857. The van der Waals surface area contributed by atoms with E-state index in [9.17, 15) is 14.4 Å². The van der Waals surface area contributed by atoms with Crippen LogP contribution in [0, 0.1) is 18.3 Å². The summed E-state index contributed by atoms with van der Waals surface area (Å²) in [7, 11) is 0. The fourth-order valence-electron chi connectivity index (χ4n) is 4.64. The van der Waals surface area contributed by atoms with E-state index < -0.39 is 11.6 Å². The molecule has 0 spiro atoms. The molecule has 1 heterocycles. The second-order valence-electron chi connectivity index (χ2n) is 10.0. The van der Waals surface area contributed by atoms with Crippen molar-refractivity contribution in [2.45, 2.75) is 58.4 Å². The van der Waals surface area contributed by atoms with Gasteiger partial charge in [-0.2, -0.15) is 5.26 Å². The Balaban J connectivity index is 1.74. The number of piperidine rings is 1. The van der Waals surface area contributed by atoms with E-state index in [-0.39, 0.29) is 18.4 Å². The Hall–Kier alpha value is -3.86. The minimum Gasteiger partial charge on any atom is -0.351 e. The fourth-order valence-corrected chi connectivity index (χ4v) is 4.64. The van der Waals surface area contributed by atoms with E-state index in [0.29, 0.717) is 42.2 Å². The summed E-state index contributed by atoms with van der Waals surface area (Å²) in [5.41, 5.74) is 8.71. The van der Waals surface area contributed by atoms with E-state index in [1.165, 1.54) is 10.5 Å². The van der Waals surface area contributed by atoms with Gasteiger partial charge in [-0.1, -0.05) is 25.1 Å². The number of aryl methyl sites for hydroxylation is 1. The Labute approximate surface area is 213 Å². The van der Waals surface area contributed by atoms with Gasteiger partial charge in [0, 0.05) is 30.8 Å². The second kappa shape index (κ2) is 11.3. The SMILES string of the molecule is CCC(=O)NC(C)(C)CN(C(N)=O)c1cc(C(=O)N2CCC(c3ccc(C#N)cc3)CC2)ccc1C. The van der Waals surface area contributed by atoms with E-state index in [0.717, 1.165) is 18.4 Å². The Bertz CT molecular complexity index is 1160. The fraction of sp³-hybridized carbons (Fsp3) is 0.429. The number of carbonyl (C=O) groups excluding carboxylic acids is 3. The zero-order valence-electron chi connectivity index (χ0n) is 21.5. The highest BCUT2D eigenvalue weighted by molar-refractivity contribution is 5.98. The molecule has 1 fully saturated rings. The largest absolute Gasteiger partial charge is 0.351 e. The van der Waals surface area contributed by atoms with E-state index >= 15 is 0 Å². The standard InChI is InChI=1S/C28H35N5O3/c1-5-25(34)31-28(3,4)18-33(27(30)36)24-16-23(9-6-19(24)2)26(35)32-14-12-22(13-15-32)21-10-7-20(17-29)8-11-21/h6-11,16,22H,5,12-15,18H2,1-4H3,(H2,30,36)(H,31,34). The zero-order chi connectivity index (χ0) is 26.5. The number of nitriles is 1. The Morgan fingerprint density at radius 1 is 1.14 bits per heavy atom. The number of likely N-dealkylation sites (tertiary alicyclic amines) is 1. The lowest BCUT2D eigenvalue weighted by molar-refractivity contribution is -0.122. The molecule has 2 aromatic rings. The number of nitrogens with one attached hydrogen (secondary N) is 1. The predicted molar refractivity (Wildman–Crippen MR) is 140 cm³/mol. The molecule has 0 aliphatic carbocycles. The first-order valence-electron chi connectivity index (χ1n) is 12.3. The molecule has 1 saturated heterocycles. The number of nitrogens with zero attached hydrogens (tertiary/aromatic N) is 3. The van der Waals surface area contributed by atoms with Crippen LogP contribution in [-0.2, 0) is 4.79 Å². The van der Waals surface area contributed by atoms with Gasteiger partial charge in [-0.15, -0.1) is 0 Å². The van der Waals surface area contributed by atoms with Crippen LogP contribution >= 0.6 is 0 Å². The van der Waals surface area contributed by atoms with Gasteiger partial charge >= 0.3 is 6.03 Å². The summed E-state index contributed by atoms with van der Waals surface area (Å²) in [6, 6.07) is 14.5. The first-order chi connectivity index (χ1) is 17.0. The summed E-state index contributed by atoms with van der Waals surface area (Å²) >= 11 is 0. The van der Waals surface area contributed by atoms with Crippen molar-refractivity contribution in [3.8, 4) is 6.07 Å². The van der Waals surface area contributed by atoms with E-state index in [1.807, 2.05) is 56.0 Å². The summed E-state index contributed by atoms with van der Waals surface area (Å²) in [6.45, 7) is 8.72. The van der Waals surface area contributed by atoms with Crippen molar-refractivity contribution < 1.29 is 14.4 Å². The number of rotatable bonds is 7. The monoisotopic (exact) mass is 489 g/mol. The van der Waals surface area contributed by atoms with E-state index in [2.05, 4.69) is 11.4 Å². The van der Waals surface area contributed by atoms with Gasteiger partial charge in [0.15, 0.2) is 0 Å². The topological polar surface area (TPSA) is 120 Å². The van der Waals surface area contributed by atoms with Crippen LogP contribution in [0.25, 0.3) is 0 Å². The van der Waals surface area contributed by atoms with Gasteiger partial charge in [-0.05, 0) is 74.9 Å². The summed E-state index contributed by atoms with van der Waals surface area (Å²) in [5, 5.41) is 11.9. The maximum absolute atomic E-state index is 13.4. The molecule has 8 heteroatoms. The van der Waals surface area contributed by atoms with Gasteiger partial charge in [-0.3, -0.25) is 14.5 Å². The molecule has 3 N–H and O–H groups in total. The highest BCUT2D eigenvalue weighted by atomic mass is 16.2. The highest BCUT2D eigenvalue weighted by Crippen LogP contribution is 2.30. The summed E-state index contributed by atoms with van der Waals surface area (Å²) in [4.78, 5) is 40.9. The average Bonchev–Trinajstić information content (AvgIpc) is 2.87. The van der Waals surface area contributed by atoms with Crippen LogP contribution in [0.2, 0.25) is 0 Å². The molecule has 1 aliphatic rings. The van der Waals surface area contributed by atoms with Gasteiger partial charge in [0.1, 0.15) is 0 Å². The lowest BCUT2D eigenvalue weighted by Gasteiger charge is -2.34. The molecule has 4 amide bonds. The lowest BCUT2D eigenvalue weighted by atomic mass is 9.89. The average molecular weight is 490 g/mol. The summed E-state index contributed by atoms with van der Waals surface area (Å²) in [5.74, 6) is 0.147. The number of urea groups is 1. The first-order valence-corrected chi connectivity index (χ1v) is 12.3. The van der Waals surface area contributed by atoms with Crippen LogP contribution in [0.3, 0.4) is 0 Å². The molecule has 0 bridgehead atoms. The maximum Gasteiger partial charge on any atom is 0.319 e. The molecule has 0 radical (unpaired) electrons. The third kappa shape index (κ3) is 6.42. The summed E-state index contributed by atoms with van der Waals surface area (Å²) < 4.78 is 0. The van der Waals surface area contributed by atoms with Crippen molar-refractivity contribution in [1.29, 1.82) is 5.26 Å². The zero-order valence-corrected chi connectivity index (χ0v) is 21.5. The van der Waals surface area contributed by atoms with Crippen molar-refractivity contribution >= 4 is 23.5 Å². The molecule has 8 nitrogen and oxygen atoms in total. The number of benzene rings is 2. The third-order valence-corrected chi connectivity index (χ3v) is 6.66. The van der Waals surface area contributed by atoms with Gasteiger partial charge in [0.25, 0.3) is 5.91 Å². The normalized spacial score (nSPS) is 14.1.